The number of primary amides is 1. The van der Waals surface area contributed by atoms with Gasteiger partial charge in [0.1, 0.15) is 22.9 Å². The highest BCUT2D eigenvalue weighted by molar-refractivity contribution is 6.24. The number of hydrogen-bond donors (Lipinski definition) is 7. The molecule has 204 valence electrons. The molecule has 8 N–H and O–H groups in total. The van der Waals surface area contributed by atoms with Crippen LogP contribution in [0.3, 0.4) is 0 Å². The van der Waals surface area contributed by atoms with Gasteiger partial charge in [-0.15, -0.1) is 0 Å². The molecule has 0 aliphatic heterocycles. The molecule has 0 saturated heterocycles. The Labute approximate surface area is 217 Å². The van der Waals surface area contributed by atoms with Gasteiger partial charge < -0.3 is 36.8 Å². The quantitative estimate of drug-likeness (QED) is 0.154. The first-order valence-electron chi connectivity index (χ1n) is 12.3. The van der Waals surface area contributed by atoms with E-state index < -0.39 is 80.6 Å². The van der Waals surface area contributed by atoms with Gasteiger partial charge in [-0.05, 0) is 37.6 Å². The van der Waals surface area contributed by atoms with Crippen LogP contribution < -0.4 is 16.4 Å². The number of aliphatic hydroxyl groups is 3. The lowest BCUT2D eigenvalue weighted by Crippen LogP contribution is -2.57. The predicted molar refractivity (Wildman–Crippen MR) is 132 cm³/mol. The summed E-state index contributed by atoms with van der Waals surface area (Å²) in [6.07, 6.45) is 0.175. The fourth-order valence-electron chi connectivity index (χ4n) is 5.52. The molecule has 1 aromatic rings. The van der Waals surface area contributed by atoms with Crippen molar-refractivity contribution in [3.63, 3.8) is 0 Å². The van der Waals surface area contributed by atoms with Crippen molar-refractivity contribution in [3.05, 3.63) is 45.7 Å². The third-order valence-corrected chi connectivity index (χ3v) is 7.47. The van der Waals surface area contributed by atoms with Crippen LogP contribution in [0, 0.1) is 23.6 Å². The molecule has 11 nitrogen and oxygen atoms in total. The largest absolute Gasteiger partial charge is 0.511 e. The first-order chi connectivity index (χ1) is 17.8. The number of nitrogens with one attached hydrogen (secondary N) is 2. The number of phenols is 1. The molecule has 2 amide bonds. The molecule has 3 atom stereocenters. The van der Waals surface area contributed by atoms with Gasteiger partial charge in [0.05, 0.1) is 17.8 Å². The maximum Gasteiger partial charge on any atom is 0.255 e. The van der Waals surface area contributed by atoms with Gasteiger partial charge in [-0.2, -0.15) is 0 Å². The zero-order valence-corrected chi connectivity index (χ0v) is 20.9. The SMILES string of the molecule is CC(C)CCNCC(=O)Nc1cc(F)c2c(c1O)C(=O)C1=C(O)[C@]3(O)C(=O)C(C(N)=O)=C(O)C[C@@H]3CC1C2. The Morgan fingerprint density at radius 2 is 1.89 bits per heavy atom. The molecule has 38 heavy (non-hydrogen) atoms. The number of anilines is 1. The lowest BCUT2D eigenvalue weighted by atomic mass is 9.60. The molecule has 1 aromatic carbocycles. The lowest BCUT2D eigenvalue weighted by Gasteiger charge is -2.45. The van der Waals surface area contributed by atoms with Crippen molar-refractivity contribution in [2.24, 2.45) is 23.5 Å². The summed E-state index contributed by atoms with van der Waals surface area (Å²) in [6, 6.07) is 0.902. The number of ketones is 2. The molecule has 0 heterocycles. The molecule has 0 fully saturated rings. The van der Waals surface area contributed by atoms with Gasteiger partial charge in [0.2, 0.25) is 11.7 Å². The highest BCUT2D eigenvalue weighted by Crippen LogP contribution is 2.52. The van der Waals surface area contributed by atoms with Gasteiger partial charge in [0.25, 0.3) is 5.91 Å². The van der Waals surface area contributed by atoms with Crippen LogP contribution in [-0.4, -0.2) is 62.5 Å². The number of aromatic hydroxyl groups is 1. The van der Waals surface area contributed by atoms with Crippen LogP contribution in [0.25, 0.3) is 0 Å². The molecule has 3 aliphatic rings. The lowest BCUT2D eigenvalue weighted by molar-refractivity contribution is -0.144. The van der Waals surface area contributed by atoms with Crippen molar-refractivity contribution in [2.45, 2.75) is 45.1 Å². The molecular formula is C26H30FN3O8. The Morgan fingerprint density at radius 1 is 1.21 bits per heavy atom. The average molecular weight is 532 g/mol. The number of amides is 2. The van der Waals surface area contributed by atoms with Crippen LogP contribution in [-0.2, 0) is 20.8 Å². The molecule has 12 heteroatoms. The summed E-state index contributed by atoms with van der Waals surface area (Å²) in [5, 5.41) is 48.6. The van der Waals surface area contributed by atoms with E-state index in [9.17, 15) is 39.6 Å². The fourth-order valence-corrected chi connectivity index (χ4v) is 5.52. The zero-order valence-electron chi connectivity index (χ0n) is 20.9. The summed E-state index contributed by atoms with van der Waals surface area (Å²) in [6.45, 7) is 4.50. The summed E-state index contributed by atoms with van der Waals surface area (Å²) < 4.78 is 15.1. The Hall–Kier alpha value is -3.77. The minimum atomic E-state index is -2.71. The normalized spacial score (nSPS) is 24.8. The number of Topliss-reactive ketones (excluding diaryl/α,β-unsaturated/α-hetero) is 2. The minimum Gasteiger partial charge on any atom is -0.511 e. The number of benzene rings is 1. The van der Waals surface area contributed by atoms with Gasteiger partial charge in [-0.3, -0.25) is 19.2 Å². The third-order valence-electron chi connectivity index (χ3n) is 7.47. The number of fused-ring (bicyclic) bond motifs is 3. The predicted octanol–water partition coefficient (Wildman–Crippen LogP) is 1.29. The molecule has 0 radical (unpaired) electrons. The maximum atomic E-state index is 15.1. The number of hydrogen-bond acceptors (Lipinski definition) is 9. The van der Waals surface area contributed by atoms with Gasteiger partial charge in [0, 0.05) is 29.5 Å². The molecule has 0 bridgehead atoms. The Morgan fingerprint density at radius 3 is 2.53 bits per heavy atom. The van der Waals surface area contributed by atoms with E-state index in [4.69, 9.17) is 5.73 Å². The summed E-state index contributed by atoms with van der Waals surface area (Å²) in [5.74, 6) is -9.07. The van der Waals surface area contributed by atoms with Crippen LogP contribution >= 0.6 is 0 Å². The Bertz CT molecular complexity index is 1320. The van der Waals surface area contributed by atoms with Gasteiger partial charge in [0.15, 0.2) is 17.1 Å². The molecular weight excluding hydrogens is 501 g/mol. The van der Waals surface area contributed by atoms with E-state index in [0.717, 1.165) is 12.5 Å². The highest BCUT2D eigenvalue weighted by atomic mass is 19.1. The van der Waals surface area contributed by atoms with Crippen LogP contribution in [0.1, 0.15) is 49.0 Å². The van der Waals surface area contributed by atoms with Crippen molar-refractivity contribution in [1.82, 2.24) is 5.32 Å². The fraction of sp³-hybridized carbons (Fsp3) is 0.462. The van der Waals surface area contributed by atoms with E-state index in [1.807, 2.05) is 13.8 Å². The molecule has 3 aliphatic carbocycles. The average Bonchev–Trinajstić information content (AvgIpc) is 2.82. The van der Waals surface area contributed by atoms with E-state index in [1.165, 1.54) is 0 Å². The molecule has 0 saturated carbocycles. The second-order valence-electron chi connectivity index (χ2n) is 10.4. The Balaban J connectivity index is 1.69. The summed E-state index contributed by atoms with van der Waals surface area (Å²) in [7, 11) is 0. The number of carbonyl (C=O) groups excluding carboxylic acids is 4. The zero-order chi connectivity index (χ0) is 28.1. The van der Waals surface area contributed by atoms with E-state index in [2.05, 4.69) is 10.6 Å². The van der Waals surface area contributed by atoms with E-state index in [1.54, 1.807) is 0 Å². The molecule has 4 rings (SSSR count). The van der Waals surface area contributed by atoms with Crippen molar-refractivity contribution < 1.29 is 44.0 Å². The Kier molecular flexibility index (Phi) is 7.06. The van der Waals surface area contributed by atoms with Crippen LogP contribution in [0.2, 0.25) is 0 Å². The summed E-state index contributed by atoms with van der Waals surface area (Å²) >= 11 is 0. The number of carbonyl (C=O) groups is 4. The van der Waals surface area contributed by atoms with E-state index in [0.29, 0.717) is 12.5 Å². The summed E-state index contributed by atoms with van der Waals surface area (Å²) in [4.78, 5) is 50.5. The smallest absolute Gasteiger partial charge is 0.255 e. The standard InChI is InChI=1S/C26H30FN3O8/c1-10(2)3-4-29-9-17(32)30-15-8-14(27)13-6-11-5-12-7-16(31)20(25(28)37)24(36)26(12,38)23(35)18(11)22(34)19(13)21(15)33/h8,10-12,29,31,33,35,38H,3-7,9H2,1-2H3,(H2,28,37)(H,30,32)/t11?,12-,26-/m0/s1. The first-order valence-corrected chi connectivity index (χ1v) is 12.3. The molecule has 0 aromatic heterocycles. The van der Waals surface area contributed by atoms with E-state index >= 15 is 4.39 Å². The van der Waals surface area contributed by atoms with Gasteiger partial charge >= 0.3 is 0 Å². The van der Waals surface area contributed by atoms with E-state index in [-0.39, 0.29) is 37.1 Å². The van der Waals surface area contributed by atoms with Gasteiger partial charge in [-0.1, -0.05) is 13.8 Å². The number of aliphatic hydroxyl groups excluding tert-OH is 2. The number of nitrogens with two attached hydrogens (primary N) is 1. The third kappa shape index (κ3) is 4.33. The van der Waals surface area contributed by atoms with Crippen molar-refractivity contribution in [2.75, 3.05) is 18.4 Å². The number of allylic oxidation sites excluding steroid dienone is 2. The maximum absolute atomic E-state index is 15.1. The summed E-state index contributed by atoms with van der Waals surface area (Å²) in [5.41, 5.74) is 0.165. The second-order valence-corrected chi connectivity index (χ2v) is 10.4. The van der Waals surface area contributed by atoms with Crippen LogP contribution in [0.5, 0.6) is 5.75 Å². The second kappa shape index (κ2) is 9.84. The molecule has 0 spiro atoms. The molecule has 1 unspecified atom stereocenters. The number of rotatable bonds is 7. The van der Waals surface area contributed by atoms with Crippen molar-refractivity contribution >= 4 is 29.1 Å². The number of halogens is 1. The van der Waals surface area contributed by atoms with Crippen LogP contribution in [0.15, 0.2) is 28.7 Å². The first kappa shape index (κ1) is 27.3. The highest BCUT2D eigenvalue weighted by Gasteiger charge is 2.59. The monoisotopic (exact) mass is 531 g/mol. The topological polar surface area (TPSA) is 199 Å². The van der Waals surface area contributed by atoms with Gasteiger partial charge in [-0.25, -0.2) is 4.39 Å². The van der Waals surface area contributed by atoms with Crippen LogP contribution in [0.4, 0.5) is 10.1 Å². The van der Waals surface area contributed by atoms with Crippen molar-refractivity contribution in [3.8, 4) is 5.75 Å². The number of phenolic OH excluding ortho intramolecular Hbond substituents is 1. The van der Waals surface area contributed by atoms with Crippen molar-refractivity contribution in [1.29, 1.82) is 0 Å². The minimum absolute atomic E-state index is 0.107.